The summed E-state index contributed by atoms with van der Waals surface area (Å²) < 4.78 is 13.1. The van der Waals surface area contributed by atoms with Gasteiger partial charge in [-0.05, 0) is 51.8 Å². The fourth-order valence-corrected chi connectivity index (χ4v) is 3.03. The number of ether oxygens (including phenoxy) is 1. The summed E-state index contributed by atoms with van der Waals surface area (Å²) in [5.74, 6) is 1.07. The second kappa shape index (κ2) is 8.29. The van der Waals surface area contributed by atoms with Crippen LogP contribution in [0.25, 0.3) is 0 Å². The smallest absolute Gasteiger partial charge is 0.274 e. The van der Waals surface area contributed by atoms with Crippen LogP contribution < -0.4 is 10.1 Å². The van der Waals surface area contributed by atoms with Crippen LogP contribution >= 0.6 is 0 Å². The lowest BCUT2D eigenvalue weighted by Gasteiger charge is -2.13. The number of nitrogens with zero attached hydrogens (tertiary/aromatic N) is 3. The topological polar surface area (TPSA) is 82.2 Å². The number of hydrogen-bond donors (Lipinski definition) is 1. The second-order valence-corrected chi connectivity index (χ2v) is 6.87. The molecule has 2 aromatic heterocycles. The van der Waals surface area contributed by atoms with E-state index in [-0.39, 0.29) is 24.2 Å². The maximum Gasteiger partial charge on any atom is 0.274 e. The van der Waals surface area contributed by atoms with Gasteiger partial charge in [0.15, 0.2) is 5.69 Å². The van der Waals surface area contributed by atoms with E-state index in [1.807, 2.05) is 62.8 Å². The van der Waals surface area contributed by atoms with E-state index < -0.39 is 0 Å². The lowest BCUT2D eigenvalue weighted by molar-refractivity contribution is 0.0927. The van der Waals surface area contributed by atoms with Gasteiger partial charge in [0.05, 0.1) is 17.3 Å². The first-order valence-electron chi connectivity index (χ1n) is 9.39. The molecule has 3 rings (SSSR count). The molecule has 1 atom stereocenters. The lowest BCUT2D eigenvalue weighted by atomic mass is 10.1. The van der Waals surface area contributed by atoms with Crippen molar-refractivity contribution in [2.45, 2.75) is 53.8 Å². The third-order valence-electron chi connectivity index (χ3n) is 4.75. The fraction of sp³-hybridized carbons (Fsp3) is 0.381. The maximum atomic E-state index is 12.8. The Morgan fingerprint density at radius 2 is 1.96 bits per heavy atom. The third kappa shape index (κ3) is 4.08. The summed E-state index contributed by atoms with van der Waals surface area (Å²) in [6.07, 6.45) is 1.89. The zero-order chi connectivity index (χ0) is 20.3. The van der Waals surface area contributed by atoms with Gasteiger partial charge in [0.25, 0.3) is 5.91 Å². The lowest BCUT2D eigenvalue weighted by Crippen LogP contribution is -2.28. The van der Waals surface area contributed by atoms with E-state index >= 15 is 0 Å². The van der Waals surface area contributed by atoms with Crippen LogP contribution in [0.5, 0.6) is 5.75 Å². The number of hydrogen-bond acceptors (Lipinski definition) is 5. The summed E-state index contributed by atoms with van der Waals surface area (Å²) in [4.78, 5) is 12.8. The SMILES string of the molecule is CCn1ccc(C(C)NC(=O)c2noc(C)c2COc2c(C)cccc2C)n1. The average molecular weight is 382 g/mol. The quantitative estimate of drug-likeness (QED) is 0.670. The van der Waals surface area contributed by atoms with Gasteiger partial charge >= 0.3 is 0 Å². The fourth-order valence-electron chi connectivity index (χ4n) is 3.03. The van der Waals surface area contributed by atoms with E-state index in [0.29, 0.717) is 11.3 Å². The minimum atomic E-state index is -0.310. The van der Waals surface area contributed by atoms with Crippen LogP contribution in [0.1, 0.15) is 58.5 Å². The molecule has 7 heteroatoms. The number of para-hydroxylation sites is 1. The molecule has 0 saturated heterocycles. The summed E-state index contributed by atoms with van der Waals surface area (Å²) in [6.45, 7) is 10.7. The monoisotopic (exact) mass is 382 g/mol. The molecule has 0 fully saturated rings. The van der Waals surface area contributed by atoms with E-state index in [1.165, 1.54) is 0 Å². The predicted octanol–water partition coefficient (Wildman–Crippen LogP) is 3.89. The Bertz CT molecular complexity index is 954. The van der Waals surface area contributed by atoms with Crippen molar-refractivity contribution in [2.75, 3.05) is 0 Å². The second-order valence-electron chi connectivity index (χ2n) is 6.87. The molecule has 0 aliphatic carbocycles. The molecule has 28 heavy (non-hydrogen) atoms. The molecule has 1 aromatic carbocycles. The van der Waals surface area contributed by atoms with E-state index in [0.717, 1.165) is 29.1 Å². The molecule has 1 N–H and O–H groups in total. The van der Waals surface area contributed by atoms with Gasteiger partial charge in [-0.3, -0.25) is 9.48 Å². The predicted molar refractivity (Wildman–Crippen MR) is 105 cm³/mol. The van der Waals surface area contributed by atoms with Gasteiger partial charge in [-0.25, -0.2) is 0 Å². The van der Waals surface area contributed by atoms with Gasteiger partial charge in [-0.2, -0.15) is 5.10 Å². The molecule has 3 aromatic rings. The van der Waals surface area contributed by atoms with Crippen molar-refractivity contribution in [3.63, 3.8) is 0 Å². The highest BCUT2D eigenvalue weighted by Crippen LogP contribution is 2.25. The van der Waals surface area contributed by atoms with Crippen LogP contribution in [-0.2, 0) is 13.2 Å². The molecule has 0 bridgehead atoms. The Morgan fingerprint density at radius 1 is 1.25 bits per heavy atom. The van der Waals surface area contributed by atoms with Crippen LogP contribution in [0.2, 0.25) is 0 Å². The maximum absolute atomic E-state index is 12.8. The van der Waals surface area contributed by atoms with Gasteiger partial charge in [0, 0.05) is 12.7 Å². The molecule has 0 radical (unpaired) electrons. The summed E-state index contributed by atoms with van der Waals surface area (Å²) in [5.41, 5.74) is 3.76. The zero-order valence-corrected chi connectivity index (χ0v) is 16.9. The first-order chi connectivity index (χ1) is 13.4. The molecular formula is C21H26N4O3. The highest BCUT2D eigenvalue weighted by atomic mass is 16.5. The van der Waals surface area contributed by atoms with Crippen LogP contribution in [0.3, 0.4) is 0 Å². The molecule has 148 valence electrons. The summed E-state index contributed by atoms with van der Waals surface area (Å²) in [7, 11) is 0. The van der Waals surface area contributed by atoms with Gasteiger partial charge in [0.1, 0.15) is 18.1 Å². The van der Waals surface area contributed by atoms with E-state index in [4.69, 9.17) is 9.26 Å². The molecule has 0 aliphatic heterocycles. The first-order valence-corrected chi connectivity index (χ1v) is 9.39. The van der Waals surface area contributed by atoms with E-state index in [1.54, 1.807) is 6.92 Å². The number of carbonyl (C=O) groups is 1. The number of benzene rings is 1. The van der Waals surface area contributed by atoms with Gasteiger partial charge < -0.3 is 14.6 Å². The molecule has 0 saturated carbocycles. The van der Waals surface area contributed by atoms with Crippen molar-refractivity contribution in [2.24, 2.45) is 0 Å². The number of carbonyl (C=O) groups excluding carboxylic acids is 1. The van der Waals surface area contributed by atoms with Gasteiger partial charge in [-0.15, -0.1) is 0 Å². The zero-order valence-electron chi connectivity index (χ0n) is 16.9. The normalized spacial score (nSPS) is 12.0. The number of nitrogens with one attached hydrogen (secondary N) is 1. The molecule has 0 spiro atoms. The molecule has 7 nitrogen and oxygen atoms in total. The Labute approximate surface area is 164 Å². The van der Waals surface area contributed by atoms with Crippen LogP contribution in [0, 0.1) is 20.8 Å². The van der Waals surface area contributed by atoms with Crippen molar-refractivity contribution in [1.29, 1.82) is 0 Å². The Hall–Kier alpha value is -3.09. The molecule has 1 amide bonds. The van der Waals surface area contributed by atoms with Gasteiger partial charge in [-0.1, -0.05) is 23.4 Å². The number of rotatable bonds is 7. The number of amides is 1. The van der Waals surface area contributed by atoms with Crippen molar-refractivity contribution >= 4 is 5.91 Å². The molecule has 1 unspecified atom stereocenters. The number of aryl methyl sites for hydroxylation is 4. The highest BCUT2D eigenvalue weighted by Gasteiger charge is 2.23. The minimum absolute atomic E-state index is 0.211. The van der Waals surface area contributed by atoms with E-state index in [2.05, 4.69) is 15.6 Å². The molecular weight excluding hydrogens is 356 g/mol. The summed E-state index contributed by atoms with van der Waals surface area (Å²) >= 11 is 0. The Morgan fingerprint density at radius 3 is 2.61 bits per heavy atom. The molecule has 0 aliphatic rings. The van der Waals surface area contributed by atoms with Crippen molar-refractivity contribution in [3.05, 3.63) is 64.3 Å². The highest BCUT2D eigenvalue weighted by molar-refractivity contribution is 5.94. The van der Waals surface area contributed by atoms with Crippen LogP contribution in [0.4, 0.5) is 0 Å². The van der Waals surface area contributed by atoms with Crippen LogP contribution in [0.15, 0.2) is 35.0 Å². The standard InChI is InChI=1S/C21H26N4O3/c1-6-25-11-10-18(23-25)15(4)22-21(26)19-17(16(5)28-24-19)12-27-20-13(2)8-7-9-14(20)3/h7-11,15H,6,12H2,1-5H3,(H,22,26). The minimum Gasteiger partial charge on any atom is -0.488 e. The first kappa shape index (κ1) is 19.7. The van der Waals surface area contributed by atoms with Crippen LogP contribution in [-0.4, -0.2) is 20.8 Å². The summed E-state index contributed by atoms with van der Waals surface area (Å²) in [5, 5.41) is 11.3. The largest absolute Gasteiger partial charge is 0.488 e. The van der Waals surface area contributed by atoms with E-state index in [9.17, 15) is 4.79 Å². The van der Waals surface area contributed by atoms with Crippen molar-refractivity contribution in [3.8, 4) is 5.75 Å². The Balaban J connectivity index is 1.73. The average Bonchev–Trinajstić information content (AvgIpc) is 3.28. The van der Waals surface area contributed by atoms with Gasteiger partial charge in [0.2, 0.25) is 0 Å². The summed E-state index contributed by atoms with van der Waals surface area (Å²) in [6, 6.07) is 7.63. The molecule has 2 heterocycles. The third-order valence-corrected chi connectivity index (χ3v) is 4.75. The Kier molecular flexibility index (Phi) is 5.82. The van der Waals surface area contributed by atoms with Crippen molar-refractivity contribution < 1.29 is 14.1 Å². The van der Waals surface area contributed by atoms with Crippen molar-refractivity contribution in [1.82, 2.24) is 20.3 Å². The number of aromatic nitrogens is 3.